The van der Waals surface area contributed by atoms with Gasteiger partial charge in [-0.15, -0.1) is 0 Å². The molecule has 2 N–H and O–H groups in total. The van der Waals surface area contributed by atoms with Gasteiger partial charge in [-0.3, -0.25) is 4.90 Å². The lowest BCUT2D eigenvalue weighted by atomic mass is 9.89. The number of aliphatic hydroxyl groups excluding tert-OH is 1. The number of likely N-dealkylation sites (tertiary alicyclic amines) is 1. The highest BCUT2D eigenvalue weighted by Crippen LogP contribution is 2.25. The van der Waals surface area contributed by atoms with Gasteiger partial charge in [0, 0.05) is 5.54 Å². The van der Waals surface area contributed by atoms with E-state index in [9.17, 15) is 9.90 Å². The fourth-order valence-electron chi connectivity index (χ4n) is 2.09. The Balaban J connectivity index is 2.46. The first-order valence-electron chi connectivity index (χ1n) is 5.48. The molecule has 1 aliphatic rings. The average Bonchev–Trinajstić information content (AvgIpc) is 2.15. The van der Waals surface area contributed by atoms with Crippen LogP contribution < -0.4 is 0 Å². The number of rotatable bonds is 2. The Morgan fingerprint density at radius 3 is 2.13 bits per heavy atom. The highest BCUT2D eigenvalue weighted by atomic mass is 16.4. The maximum Gasteiger partial charge on any atom is 0.332 e. The van der Waals surface area contributed by atoms with E-state index in [0.29, 0.717) is 0 Å². The number of carbonyl (C=O) groups is 1. The van der Waals surface area contributed by atoms with Crippen LogP contribution in [0.1, 0.15) is 33.6 Å². The van der Waals surface area contributed by atoms with Gasteiger partial charge >= 0.3 is 5.97 Å². The molecule has 1 saturated heterocycles. The summed E-state index contributed by atoms with van der Waals surface area (Å²) >= 11 is 0. The van der Waals surface area contributed by atoms with Gasteiger partial charge in [0.15, 0.2) is 6.10 Å². The number of piperidine rings is 1. The second-order valence-corrected chi connectivity index (χ2v) is 5.28. The predicted molar refractivity (Wildman–Crippen MR) is 57.7 cm³/mol. The average molecular weight is 215 g/mol. The second-order valence-electron chi connectivity index (χ2n) is 5.28. The lowest BCUT2D eigenvalue weighted by Crippen LogP contribution is -2.48. The molecule has 4 heteroatoms. The fourth-order valence-corrected chi connectivity index (χ4v) is 2.09. The molecule has 0 spiro atoms. The van der Waals surface area contributed by atoms with Crippen LogP contribution in [0.5, 0.6) is 0 Å². The SMILES string of the molecule is CC(C)(C)N1CCC(C(O)C(=O)O)CC1. The van der Waals surface area contributed by atoms with Crippen molar-refractivity contribution in [2.75, 3.05) is 13.1 Å². The first-order chi connectivity index (χ1) is 6.82. The lowest BCUT2D eigenvalue weighted by Gasteiger charge is -2.41. The summed E-state index contributed by atoms with van der Waals surface area (Å²) < 4.78 is 0. The van der Waals surface area contributed by atoms with E-state index in [1.165, 1.54) is 0 Å². The van der Waals surface area contributed by atoms with Crippen LogP contribution in [0.2, 0.25) is 0 Å². The van der Waals surface area contributed by atoms with Crippen LogP contribution in [0.4, 0.5) is 0 Å². The Morgan fingerprint density at radius 2 is 1.80 bits per heavy atom. The quantitative estimate of drug-likeness (QED) is 0.719. The van der Waals surface area contributed by atoms with E-state index < -0.39 is 12.1 Å². The van der Waals surface area contributed by atoms with Crippen LogP contribution >= 0.6 is 0 Å². The normalized spacial score (nSPS) is 22.7. The minimum absolute atomic E-state index is 0.0823. The molecule has 0 aromatic heterocycles. The summed E-state index contributed by atoms with van der Waals surface area (Å²) in [5.74, 6) is -1.18. The summed E-state index contributed by atoms with van der Waals surface area (Å²) in [6, 6.07) is 0. The molecular formula is C11H21NO3. The predicted octanol–water partition coefficient (Wildman–Crippen LogP) is 0.942. The Bertz CT molecular complexity index is 226. The Labute approximate surface area is 90.9 Å². The third-order valence-corrected chi connectivity index (χ3v) is 3.19. The van der Waals surface area contributed by atoms with E-state index in [2.05, 4.69) is 25.7 Å². The zero-order valence-corrected chi connectivity index (χ0v) is 9.73. The van der Waals surface area contributed by atoms with Gasteiger partial charge in [0.05, 0.1) is 0 Å². The number of hydrogen-bond donors (Lipinski definition) is 2. The fraction of sp³-hybridized carbons (Fsp3) is 0.909. The molecule has 0 bridgehead atoms. The van der Waals surface area contributed by atoms with Crippen molar-refractivity contribution in [3.05, 3.63) is 0 Å². The lowest BCUT2D eigenvalue weighted by molar-refractivity contribution is -0.150. The van der Waals surface area contributed by atoms with Gasteiger partial charge in [-0.25, -0.2) is 4.79 Å². The molecule has 4 nitrogen and oxygen atoms in total. The van der Waals surface area contributed by atoms with Gasteiger partial charge < -0.3 is 10.2 Å². The van der Waals surface area contributed by atoms with Gasteiger partial charge in [0.2, 0.25) is 0 Å². The molecule has 1 rings (SSSR count). The third-order valence-electron chi connectivity index (χ3n) is 3.19. The second kappa shape index (κ2) is 4.49. The Kier molecular flexibility index (Phi) is 3.73. The molecule has 1 atom stereocenters. The Hall–Kier alpha value is -0.610. The summed E-state index contributed by atoms with van der Waals surface area (Å²) in [5.41, 5.74) is 0.138. The topological polar surface area (TPSA) is 60.8 Å². The molecule has 0 aliphatic carbocycles. The standard InChI is InChI=1S/C11H21NO3/c1-11(2,3)12-6-4-8(5-7-12)9(13)10(14)15/h8-9,13H,4-7H2,1-3H3,(H,14,15). The monoisotopic (exact) mass is 215 g/mol. The van der Waals surface area contributed by atoms with Crippen molar-refractivity contribution in [3.8, 4) is 0 Å². The number of hydrogen-bond acceptors (Lipinski definition) is 3. The first-order valence-corrected chi connectivity index (χ1v) is 5.48. The molecule has 1 heterocycles. The van der Waals surface area contributed by atoms with E-state index in [0.717, 1.165) is 25.9 Å². The molecule has 0 amide bonds. The highest BCUT2D eigenvalue weighted by molar-refractivity contribution is 5.72. The van der Waals surface area contributed by atoms with Crippen LogP contribution in [-0.2, 0) is 4.79 Å². The minimum Gasteiger partial charge on any atom is -0.479 e. The maximum atomic E-state index is 10.6. The molecule has 0 aromatic rings. The number of nitrogens with zero attached hydrogens (tertiary/aromatic N) is 1. The summed E-state index contributed by atoms with van der Waals surface area (Å²) in [6.45, 7) is 8.21. The summed E-state index contributed by atoms with van der Waals surface area (Å²) in [6.07, 6.45) is 0.349. The van der Waals surface area contributed by atoms with Crippen LogP contribution in [0.15, 0.2) is 0 Å². The van der Waals surface area contributed by atoms with Gasteiger partial charge in [0.1, 0.15) is 0 Å². The maximum absolute atomic E-state index is 10.6. The Morgan fingerprint density at radius 1 is 1.33 bits per heavy atom. The van der Waals surface area contributed by atoms with Crippen molar-refractivity contribution in [1.29, 1.82) is 0 Å². The molecule has 0 saturated carbocycles. The molecule has 1 unspecified atom stereocenters. The van der Waals surface area contributed by atoms with Gasteiger partial charge in [-0.05, 0) is 52.6 Å². The number of aliphatic hydroxyl groups is 1. The minimum atomic E-state index is -1.19. The zero-order chi connectivity index (χ0) is 11.6. The smallest absolute Gasteiger partial charge is 0.332 e. The molecular weight excluding hydrogens is 194 g/mol. The first kappa shape index (κ1) is 12.5. The van der Waals surface area contributed by atoms with E-state index in [-0.39, 0.29) is 11.5 Å². The highest BCUT2D eigenvalue weighted by Gasteiger charge is 2.32. The van der Waals surface area contributed by atoms with Crippen molar-refractivity contribution < 1.29 is 15.0 Å². The van der Waals surface area contributed by atoms with Crippen molar-refractivity contribution in [1.82, 2.24) is 4.90 Å². The van der Waals surface area contributed by atoms with Crippen molar-refractivity contribution in [3.63, 3.8) is 0 Å². The zero-order valence-electron chi connectivity index (χ0n) is 9.73. The number of carboxylic acid groups (broad SMARTS) is 1. The molecule has 88 valence electrons. The van der Waals surface area contributed by atoms with Gasteiger partial charge in [-0.1, -0.05) is 0 Å². The van der Waals surface area contributed by atoms with E-state index in [1.807, 2.05) is 0 Å². The largest absolute Gasteiger partial charge is 0.479 e. The van der Waals surface area contributed by atoms with Crippen LogP contribution in [0, 0.1) is 5.92 Å². The van der Waals surface area contributed by atoms with Crippen LogP contribution in [0.3, 0.4) is 0 Å². The summed E-state index contributed by atoms with van der Waals surface area (Å²) in [7, 11) is 0. The molecule has 0 radical (unpaired) electrons. The van der Waals surface area contributed by atoms with Crippen LogP contribution in [-0.4, -0.2) is 45.8 Å². The summed E-state index contributed by atoms with van der Waals surface area (Å²) in [5, 5.41) is 18.1. The molecule has 0 aromatic carbocycles. The van der Waals surface area contributed by atoms with Gasteiger partial charge in [0.25, 0.3) is 0 Å². The van der Waals surface area contributed by atoms with Gasteiger partial charge in [-0.2, -0.15) is 0 Å². The van der Waals surface area contributed by atoms with Crippen LogP contribution in [0.25, 0.3) is 0 Å². The summed E-state index contributed by atoms with van der Waals surface area (Å²) in [4.78, 5) is 12.9. The number of aliphatic carboxylic acids is 1. The molecule has 1 fully saturated rings. The van der Waals surface area contributed by atoms with E-state index in [1.54, 1.807) is 0 Å². The van der Waals surface area contributed by atoms with Crippen molar-refractivity contribution in [2.24, 2.45) is 5.92 Å². The van der Waals surface area contributed by atoms with E-state index >= 15 is 0 Å². The number of carboxylic acids is 1. The molecule has 1 aliphatic heterocycles. The van der Waals surface area contributed by atoms with Crippen molar-refractivity contribution >= 4 is 5.97 Å². The third kappa shape index (κ3) is 3.18. The van der Waals surface area contributed by atoms with Crippen molar-refractivity contribution in [2.45, 2.75) is 45.3 Å². The molecule has 15 heavy (non-hydrogen) atoms. The van der Waals surface area contributed by atoms with E-state index in [4.69, 9.17) is 5.11 Å².